The first-order valence-corrected chi connectivity index (χ1v) is 14.9. The predicted octanol–water partition coefficient (Wildman–Crippen LogP) is 5.35. The van der Waals surface area contributed by atoms with Gasteiger partial charge in [-0.3, -0.25) is 4.79 Å². The monoisotopic (exact) mass is 583 g/mol. The summed E-state index contributed by atoms with van der Waals surface area (Å²) in [4.78, 5) is 16.2. The van der Waals surface area contributed by atoms with Crippen LogP contribution in [-0.4, -0.2) is 46.2 Å². The Labute approximate surface area is 250 Å². The first-order chi connectivity index (χ1) is 20.9. The van der Waals surface area contributed by atoms with E-state index >= 15 is 0 Å². The summed E-state index contributed by atoms with van der Waals surface area (Å²) in [5.41, 5.74) is 8.85. The molecule has 4 aromatic rings. The Kier molecular flexibility index (Phi) is 8.04. The number of aryl methyl sites for hydroxylation is 3. The SMILES string of the molecule is CCc1cc2c([n-]1)CCc1c(CCc3c(O)c(OC)c(OCCCO)c4c3OC(c3ccc(O)cc3)CC4=[OH+])cccc1-2. The Morgan fingerprint density at radius 3 is 2.58 bits per heavy atom. The summed E-state index contributed by atoms with van der Waals surface area (Å²) >= 11 is 0. The summed E-state index contributed by atoms with van der Waals surface area (Å²) < 4.78 is 18.1. The number of fused-ring (bicyclic) bond motifs is 4. The van der Waals surface area contributed by atoms with E-state index in [2.05, 4.69) is 31.2 Å². The number of carbonyl (C=O) groups excluding carboxylic acids is 1. The first kappa shape index (κ1) is 28.7. The van der Waals surface area contributed by atoms with Gasteiger partial charge in [-0.25, -0.2) is 0 Å². The molecular weight excluding hydrogens is 546 g/mol. The highest BCUT2D eigenvalue weighted by molar-refractivity contribution is 6.05. The van der Waals surface area contributed by atoms with Crippen molar-refractivity contribution in [2.45, 2.75) is 58.0 Å². The molecule has 43 heavy (non-hydrogen) atoms. The molecule has 0 saturated carbocycles. The summed E-state index contributed by atoms with van der Waals surface area (Å²) in [6, 6.07) is 15.3. The molecule has 0 amide bonds. The van der Waals surface area contributed by atoms with Crippen molar-refractivity contribution in [3.8, 4) is 39.9 Å². The number of aliphatic hydroxyl groups excluding tert-OH is 1. The molecule has 0 radical (unpaired) electrons. The fourth-order valence-electron chi connectivity index (χ4n) is 6.29. The summed E-state index contributed by atoms with van der Waals surface area (Å²) in [7, 11) is 1.45. The number of methoxy groups -OCH3 is 1. The highest BCUT2D eigenvalue weighted by atomic mass is 16.5. The van der Waals surface area contributed by atoms with Crippen molar-refractivity contribution >= 4 is 5.78 Å². The van der Waals surface area contributed by atoms with Gasteiger partial charge < -0.3 is 34.5 Å². The van der Waals surface area contributed by atoms with Crippen LogP contribution in [0.2, 0.25) is 0 Å². The zero-order valence-corrected chi connectivity index (χ0v) is 24.5. The van der Waals surface area contributed by atoms with Crippen molar-refractivity contribution < 1.29 is 34.3 Å². The van der Waals surface area contributed by atoms with Gasteiger partial charge in [0.15, 0.2) is 17.1 Å². The number of benzene rings is 3. The van der Waals surface area contributed by atoms with Crippen molar-refractivity contribution in [3.63, 3.8) is 0 Å². The van der Waals surface area contributed by atoms with Crippen LogP contribution in [0.4, 0.5) is 0 Å². The smallest absolute Gasteiger partial charge is 0.335 e. The molecule has 2 heterocycles. The fraction of sp³-hybridized carbons (Fsp3) is 0.343. The van der Waals surface area contributed by atoms with E-state index in [4.69, 9.17) is 19.2 Å². The topological polar surface area (TPSA) is 124 Å². The number of aromatic nitrogens is 1. The van der Waals surface area contributed by atoms with Gasteiger partial charge in [0.05, 0.1) is 13.7 Å². The fourth-order valence-corrected chi connectivity index (χ4v) is 6.29. The van der Waals surface area contributed by atoms with E-state index in [1.54, 1.807) is 24.3 Å². The number of nitrogens with zero attached hydrogens (tertiary/aromatic N) is 1. The number of aliphatic hydroxyl groups is 1. The zero-order valence-electron chi connectivity index (χ0n) is 24.5. The quantitative estimate of drug-likeness (QED) is 0.170. The van der Waals surface area contributed by atoms with E-state index in [1.165, 1.54) is 29.4 Å². The molecule has 0 bridgehead atoms. The van der Waals surface area contributed by atoms with Crippen LogP contribution in [0.5, 0.6) is 28.7 Å². The number of rotatable bonds is 10. The summed E-state index contributed by atoms with van der Waals surface area (Å²) in [6.07, 6.45) is 3.77. The second-order valence-corrected chi connectivity index (χ2v) is 11.1. The lowest BCUT2D eigenvalue weighted by Crippen LogP contribution is -2.24. The van der Waals surface area contributed by atoms with Crippen LogP contribution in [0.15, 0.2) is 48.5 Å². The lowest BCUT2D eigenvalue weighted by Gasteiger charge is -2.29. The van der Waals surface area contributed by atoms with Crippen molar-refractivity contribution in [2.75, 3.05) is 20.3 Å². The molecule has 1 aliphatic carbocycles. The standard InChI is InChI=1S/C35H36NO7/c1-3-22-18-27-25-7-4-6-20(24(25)14-15-28(27)36-22)10-13-26-32(40)35(41-2)34(42-17-5-16-37)31-29(39)19-30(43-33(26)31)21-8-11-23(38)12-9-21/h4,6-9,11-12,18,30,37-38H,3,5,10,13-17,19H2,1-2H3,(H,39,40)/q-1/p+1. The second-order valence-electron chi connectivity index (χ2n) is 11.1. The predicted molar refractivity (Wildman–Crippen MR) is 163 cm³/mol. The van der Waals surface area contributed by atoms with Gasteiger partial charge in [0, 0.05) is 18.6 Å². The van der Waals surface area contributed by atoms with Crippen LogP contribution in [-0.2, 0) is 32.1 Å². The molecule has 2 aliphatic rings. The Morgan fingerprint density at radius 1 is 1.02 bits per heavy atom. The molecular formula is C35H37NO7. The molecule has 0 spiro atoms. The number of hydrogen-bond acceptors (Lipinski definition) is 6. The highest BCUT2D eigenvalue weighted by Gasteiger charge is 2.40. The average Bonchev–Trinajstić information content (AvgIpc) is 3.45. The van der Waals surface area contributed by atoms with Gasteiger partial charge in [-0.2, -0.15) is 11.4 Å². The number of ether oxygens (including phenoxy) is 3. The van der Waals surface area contributed by atoms with Crippen molar-refractivity contribution in [3.05, 3.63) is 87.7 Å². The molecule has 1 aromatic heterocycles. The normalized spacial score (nSPS) is 15.3. The third kappa shape index (κ3) is 5.31. The molecule has 8 nitrogen and oxygen atoms in total. The minimum absolute atomic E-state index is 0.0536. The van der Waals surface area contributed by atoms with Crippen molar-refractivity contribution in [1.29, 1.82) is 0 Å². The van der Waals surface area contributed by atoms with Gasteiger partial charge in [-0.15, -0.1) is 0 Å². The molecule has 0 saturated heterocycles. The largest absolute Gasteiger partial charge is 0.664 e. The molecule has 6 rings (SSSR count). The Balaban J connectivity index is 1.40. The Morgan fingerprint density at radius 2 is 1.84 bits per heavy atom. The number of phenolic OH excluding ortho intramolecular Hbond substituents is 2. The van der Waals surface area contributed by atoms with E-state index < -0.39 is 6.10 Å². The van der Waals surface area contributed by atoms with Crippen LogP contribution in [0.1, 0.15) is 65.1 Å². The molecule has 1 unspecified atom stereocenters. The van der Waals surface area contributed by atoms with Gasteiger partial charge in [0.25, 0.3) is 0 Å². The van der Waals surface area contributed by atoms with Crippen molar-refractivity contribution in [1.82, 2.24) is 4.98 Å². The molecule has 8 heteroatoms. The third-order valence-corrected chi connectivity index (χ3v) is 8.46. The number of hydrogen-bond donors (Lipinski definition) is 3. The van der Waals surface area contributed by atoms with Crippen LogP contribution in [0, 0.1) is 0 Å². The lowest BCUT2D eigenvalue weighted by atomic mass is 9.84. The molecule has 3 aromatic carbocycles. The maximum atomic E-state index is 11.6. The van der Waals surface area contributed by atoms with Gasteiger partial charge in [0.1, 0.15) is 24.0 Å². The van der Waals surface area contributed by atoms with E-state index in [-0.39, 0.29) is 48.4 Å². The van der Waals surface area contributed by atoms with Crippen molar-refractivity contribution in [2.24, 2.45) is 0 Å². The van der Waals surface area contributed by atoms with E-state index in [1.807, 2.05) is 0 Å². The molecule has 1 aliphatic heterocycles. The van der Waals surface area contributed by atoms with E-state index in [0.717, 1.165) is 36.2 Å². The summed E-state index contributed by atoms with van der Waals surface area (Å²) in [6.45, 7) is 2.23. The Hall–Kier alpha value is -4.43. The van der Waals surface area contributed by atoms with Crippen LogP contribution in [0.25, 0.3) is 11.1 Å². The van der Waals surface area contributed by atoms with E-state index in [9.17, 15) is 20.1 Å². The van der Waals surface area contributed by atoms with E-state index in [0.29, 0.717) is 36.1 Å². The minimum atomic E-state index is -0.537. The zero-order chi connectivity index (χ0) is 30.1. The maximum Gasteiger partial charge on any atom is 0.335 e. The minimum Gasteiger partial charge on any atom is -0.664 e. The molecule has 1 atom stereocenters. The number of phenols is 2. The summed E-state index contributed by atoms with van der Waals surface area (Å²) in [5.74, 6) is 0.752. The first-order valence-electron chi connectivity index (χ1n) is 14.9. The average molecular weight is 584 g/mol. The van der Waals surface area contributed by atoms with Crippen LogP contribution >= 0.6 is 0 Å². The van der Waals surface area contributed by atoms with Gasteiger partial charge in [-0.1, -0.05) is 49.7 Å². The van der Waals surface area contributed by atoms with Crippen LogP contribution in [0.3, 0.4) is 0 Å². The van der Waals surface area contributed by atoms with Gasteiger partial charge >= 0.3 is 5.78 Å². The number of ketones is 1. The third-order valence-electron chi connectivity index (χ3n) is 8.46. The summed E-state index contributed by atoms with van der Waals surface area (Å²) in [5, 5.41) is 30.7. The Bertz CT molecular complexity index is 1650. The number of aromatic hydroxyl groups is 2. The molecule has 4 N–H and O–H groups in total. The van der Waals surface area contributed by atoms with Gasteiger partial charge in [-0.05, 0) is 65.6 Å². The van der Waals surface area contributed by atoms with Crippen LogP contribution < -0.4 is 19.2 Å². The highest BCUT2D eigenvalue weighted by Crippen LogP contribution is 2.52. The maximum absolute atomic E-state index is 11.6. The van der Waals surface area contributed by atoms with Gasteiger partial charge in [0.2, 0.25) is 5.75 Å². The lowest BCUT2D eigenvalue weighted by molar-refractivity contribution is 0.192. The molecule has 224 valence electrons. The second kappa shape index (κ2) is 12.1. The molecule has 0 fully saturated rings.